The predicted octanol–water partition coefficient (Wildman–Crippen LogP) is 0.972. The highest BCUT2D eigenvalue weighted by molar-refractivity contribution is 7.15. The van der Waals surface area contributed by atoms with E-state index in [9.17, 15) is 4.79 Å². The van der Waals surface area contributed by atoms with Crippen molar-refractivity contribution in [3.8, 4) is 0 Å². The van der Waals surface area contributed by atoms with Crippen molar-refractivity contribution in [2.75, 3.05) is 18.5 Å². The van der Waals surface area contributed by atoms with Crippen molar-refractivity contribution in [1.82, 2.24) is 4.98 Å². The van der Waals surface area contributed by atoms with E-state index in [0.29, 0.717) is 0 Å². The van der Waals surface area contributed by atoms with Gasteiger partial charge in [0.05, 0.1) is 0 Å². The van der Waals surface area contributed by atoms with E-state index in [1.165, 1.54) is 11.3 Å². The molecule has 4 nitrogen and oxygen atoms in total. The van der Waals surface area contributed by atoms with Crippen LogP contribution in [0.2, 0.25) is 0 Å². The number of hydrogen-bond acceptors (Lipinski definition) is 4. The van der Waals surface area contributed by atoms with Crippen molar-refractivity contribution in [2.45, 2.75) is 6.92 Å². The molecular formula is C7H10N2O2S. The molecule has 0 aliphatic heterocycles. The first kappa shape index (κ1) is 8.99. The van der Waals surface area contributed by atoms with E-state index >= 15 is 0 Å². The number of aryl methyl sites for hydroxylation is 1. The topological polar surface area (TPSA) is 53.4 Å². The van der Waals surface area contributed by atoms with Crippen molar-refractivity contribution < 1.29 is 9.90 Å². The third kappa shape index (κ3) is 2.20. The van der Waals surface area contributed by atoms with Gasteiger partial charge in [0.15, 0.2) is 5.13 Å². The number of likely N-dealkylation sites (N-methyl/N-ethyl adjacent to an activating group) is 1. The molecule has 66 valence electrons. The van der Waals surface area contributed by atoms with E-state index in [0.717, 1.165) is 10.0 Å². The second kappa shape index (κ2) is 3.53. The van der Waals surface area contributed by atoms with Gasteiger partial charge in [-0.3, -0.25) is 4.79 Å². The molecule has 1 heterocycles. The van der Waals surface area contributed by atoms with Crippen molar-refractivity contribution in [3.63, 3.8) is 0 Å². The van der Waals surface area contributed by atoms with Crippen LogP contribution in [-0.2, 0) is 4.79 Å². The number of aromatic nitrogens is 1. The Kier molecular flexibility index (Phi) is 2.65. The molecule has 1 aromatic rings. The van der Waals surface area contributed by atoms with Crippen molar-refractivity contribution in [3.05, 3.63) is 11.1 Å². The van der Waals surface area contributed by atoms with Crippen molar-refractivity contribution in [2.24, 2.45) is 0 Å². The standard InChI is InChI=1S/C7H10N2O2S/c1-5-3-8-7(12-5)9(2)4-6(10)11/h3H,4H2,1-2H3,(H,10,11). The minimum atomic E-state index is -0.842. The second-order valence-corrected chi connectivity index (χ2v) is 3.72. The van der Waals surface area contributed by atoms with Crippen LogP contribution >= 0.6 is 11.3 Å². The molecule has 0 aliphatic rings. The number of rotatable bonds is 3. The predicted molar refractivity (Wildman–Crippen MR) is 47.8 cm³/mol. The van der Waals surface area contributed by atoms with Crippen LogP contribution in [0.1, 0.15) is 4.88 Å². The molecule has 1 rings (SSSR count). The zero-order valence-corrected chi connectivity index (χ0v) is 7.76. The maximum Gasteiger partial charge on any atom is 0.323 e. The van der Waals surface area contributed by atoms with Crippen LogP contribution in [0.15, 0.2) is 6.20 Å². The zero-order chi connectivity index (χ0) is 9.14. The highest BCUT2D eigenvalue weighted by Gasteiger charge is 2.07. The molecule has 1 aromatic heterocycles. The minimum Gasteiger partial charge on any atom is -0.480 e. The van der Waals surface area contributed by atoms with Crippen LogP contribution < -0.4 is 4.90 Å². The molecule has 0 radical (unpaired) electrons. The van der Waals surface area contributed by atoms with Crippen LogP contribution in [0.3, 0.4) is 0 Å². The lowest BCUT2D eigenvalue weighted by molar-refractivity contribution is -0.135. The highest BCUT2D eigenvalue weighted by atomic mass is 32.1. The zero-order valence-electron chi connectivity index (χ0n) is 6.94. The fourth-order valence-electron chi connectivity index (χ4n) is 0.790. The Morgan fingerprint density at radius 1 is 1.83 bits per heavy atom. The number of aliphatic carboxylic acids is 1. The number of anilines is 1. The van der Waals surface area contributed by atoms with Crippen LogP contribution in [0, 0.1) is 6.92 Å². The molecule has 0 saturated carbocycles. The first-order valence-electron chi connectivity index (χ1n) is 3.45. The van der Waals surface area contributed by atoms with Crippen molar-refractivity contribution >= 4 is 22.4 Å². The van der Waals surface area contributed by atoms with E-state index in [1.807, 2.05) is 6.92 Å². The van der Waals surface area contributed by atoms with Gasteiger partial charge >= 0.3 is 5.97 Å². The Bertz CT molecular complexity index is 285. The maximum absolute atomic E-state index is 10.3. The second-order valence-electron chi connectivity index (χ2n) is 2.50. The maximum atomic E-state index is 10.3. The molecule has 0 aromatic carbocycles. The molecule has 0 saturated heterocycles. The Balaban J connectivity index is 2.64. The van der Waals surface area contributed by atoms with Gasteiger partial charge < -0.3 is 10.0 Å². The van der Waals surface area contributed by atoms with Gasteiger partial charge in [-0.15, -0.1) is 11.3 Å². The van der Waals surface area contributed by atoms with Gasteiger partial charge in [0, 0.05) is 18.1 Å². The number of carboxylic acid groups (broad SMARTS) is 1. The molecule has 0 aliphatic carbocycles. The summed E-state index contributed by atoms with van der Waals surface area (Å²) in [5.41, 5.74) is 0. The Morgan fingerprint density at radius 3 is 2.92 bits per heavy atom. The van der Waals surface area contributed by atoms with Gasteiger partial charge in [-0.1, -0.05) is 0 Å². The van der Waals surface area contributed by atoms with E-state index in [-0.39, 0.29) is 6.54 Å². The number of carbonyl (C=O) groups is 1. The van der Waals surface area contributed by atoms with Gasteiger partial charge in [-0.25, -0.2) is 4.98 Å². The van der Waals surface area contributed by atoms with Gasteiger partial charge in [0.2, 0.25) is 0 Å². The van der Waals surface area contributed by atoms with Gasteiger partial charge in [0.25, 0.3) is 0 Å². The summed E-state index contributed by atoms with van der Waals surface area (Å²) in [4.78, 5) is 17.1. The molecular weight excluding hydrogens is 176 g/mol. The highest BCUT2D eigenvalue weighted by Crippen LogP contribution is 2.19. The number of thiazole rings is 1. The largest absolute Gasteiger partial charge is 0.480 e. The Hall–Kier alpha value is -1.10. The first-order chi connectivity index (χ1) is 5.59. The summed E-state index contributed by atoms with van der Waals surface area (Å²) in [6.45, 7) is 1.93. The average molecular weight is 186 g/mol. The molecule has 0 unspecified atom stereocenters. The smallest absolute Gasteiger partial charge is 0.323 e. The number of hydrogen-bond donors (Lipinski definition) is 1. The third-order valence-electron chi connectivity index (χ3n) is 1.31. The lowest BCUT2D eigenvalue weighted by atomic mass is 10.6. The van der Waals surface area contributed by atoms with Gasteiger partial charge in [-0.05, 0) is 6.92 Å². The lowest BCUT2D eigenvalue weighted by Crippen LogP contribution is -2.24. The van der Waals surface area contributed by atoms with E-state index < -0.39 is 5.97 Å². The average Bonchev–Trinajstić information content (AvgIpc) is 2.34. The number of nitrogens with zero attached hydrogens (tertiary/aromatic N) is 2. The molecule has 0 bridgehead atoms. The summed E-state index contributed by atoms with van der Waals surface area (Å²) in [5, 5.41) is 9.23. The van der Waals surface area contributed by atoms with Crippen molar-refractivity contribution in [1.29, 1.82) is 0 Å². The SMILES string of the molecule is Cc1cnc(N(C)CC(=O)O)s1. The number of carboxylic acids is 1. The molecule has 0 amide bonds. The minimum absolute atomic E-state index is 0.00699. The van der Waals surface area contributed by atoms with Crippen LogP contribution in [-0.4, -0.2) is 29.7 Å². The van der Waals surface area contributed by atoms with E-state index in [4.69, 9.17) is 5.11 Å². The Morgan fingerprint density at radius 2 is 2.50 bits per heavy atom. The van der Waals surface area contributed by atoms with Crippen LogP contribution in [0.5, 0.6) is 0 Å². The monoisotopic (exact) mass is 186 g/mol. The van der Waals surface area contributed by atoms with Gasteiger partial charge in [0.1, 0.15) is 6.54 Å². The summed E-state index contributed by atoms with van der Waals surface area (Å²) < 4.78 is 0. The van der Waals surface area contributed by atoms with E-state index in [1.54, 1.807) is 18.1 Å². The summed E-state index contributed by atoms with van der Waals surface area (Å²) in [5.74, 6) is -0.842. The molecule has 5 heteroatoms. The Labute approximate surface area is 74.5 Å². The lowest BCUT2D eigenvalue weighted by Gasteiger charge is -2.11. The first-order valence-corrected chi connectivity index (χ1v) is 4.26. The molecule has 12 heavy (non-hydrogen) atoms. The fourth-order valence-corrected chi connectivity index (χ4v) is 1.51. The third-order valence-corrected chi connectivity index (χ3v) is 2.34. The van der Waals surface area contributed by atoms with E-state index in [2.05, 4.69) is 4.98 Å². The molecule has 0 fully saturated rings. The van der Waals surface area contributed by atoms with Gasteiger partial charge in [-0.2, -0.15) is 0 Å². The van der Waals surface area contributed by atoms with Crippen LogP contribution in [0.4, 0.5) is 5.13 Å². The molecule has 0 atom stereocenters. The summed E-state index contributed by atoms with van der Waals surface area (Å²) in [6.07, 6.45) is 1.73. The fraction of sp³-hybridized carbons (Fsp3) is 0.429. The molecule has 0 spiro atoms. The quantitative estimate of drug-likeness (QED) is 0.764. The van der Waals surface area contributed by atoms with Crippen LogP contribution in [0.25, 0.3) is 0 Å². The summed E-state index contributed by atoms with van der Waals surface area (Å²) in [6, 6.07) is 0. The molecule has 1 N–H and O–H groups in total. The summed E-state index contributed by atoms with van der Waals surface area (Å²) in [7, 11) is 1.71. The normalized spacial score (nSPS) is 9.83. The summed E-state index contributed by atoms with van der Waals surface area (Å²) >= 11 is 1.49.